The first-order valence-corrected chi connectivity index (χ1v) is 9.18. The lowest BCUT2D eigenvalue weighted by molar-refractivity contribution is 0.212. The van der Waals surface area contributed by atoms with Gasteiger partial charge in [0.1, 0.15) is 0 Å². The van der Waals surface area contributed by atoms with Crippen LogP contribution < -0.4 is 0 Å². The van der Waals surface area contributed by atoms with E-state index < -0.39 is 21.5 Å². The van der Waals surface area contributed by atoms with E-state index in [4.69, 9.17) is 0 Å². The van der Waals surface area contributed by atoms with Gasteiger partial charge in [0, 0.05) is 32.6 Å². The van der Waals surface area contributed by atoms with Crippen molar-refractivity contribution in [3.8, 4) is 0 Å². The molecule has 0 unspecified atom stereocenters. The van der Waals surface area contributed by atoms with Gasteiger partial charge in [0.15, 0.2) is 5.82 Å². The zero-order valence-electron chi connectivity index (χ0n) is 14.4. The highest BCUT2D eigenvalue weighted by molar-refractivity contribution is 7.89. The number of carbonyl (C=O) groups is 1. The molecule has 1 aliphatic heterocycles. The summed E-state index contributed by atoms with van der Waals surface area (Å²) < 4.78 is 28.1. The van der Waals surface area contributed by atoms with E-state index in [0.717, 1.165) is 23.9 Å². The van der Waals surface area contributed by atoms with Crippen molar-refractivity contribution in [1.29, 1.82) is 0 Å². The average Bonchev–Trinajstić information content (AvgIpc) is 2.93. The van der Waals surface area contributed by atoms with Crippen LogP contribution in [0.1, 0.15) is 45.9 Å². The van der Waals surface area contributed by atoms with Crippen molar-refractivity contribution in [1.82, 2.24) is 24.0 Å². The molecule has 1 amide bonds. The molecule has 9 heteroatoms. The van der Waals surface area contributed by atoms with Crippen LogP contribution in [-0.4, -0.2) is 65.6 Å². The zero-order chi connectivity index (χ0) is 17.4. The molecule has 0 saturated carbocycles. The van der Waals surface area contributed by atoms with Crippen molar-refractivity contribution in [3.63, 3.8) is 0 Å². The van der Waals surface area contributed by atoms with E-state index in [-0.39, 0.29) is 5.16 Å². The number of hydrogen-bond acceptors (Lipinski definition) is 5. The summed E-state index contributed by atoms with van der Waals surface area (Å²) in [5, 5.41) is 3.88. The summed E-state index contributed by atoms with van der Waals surface area (Å²) >= 11 is 0. The van der Waals surface area contributed by atoms with Crippen molar-refractivity contribution in [2.24, 2.45) is 0 Å². The first-order chi connectivity index (χ1) is 10.5. The number of nitrogens with zero attached hydrogens (tertiary/aromatic N) is 5. The summed E-state index contributed by atoms with van der Waals surface area (Å²) in [5.74, 6) is 0.336. The average molecular weight is 343 g/mol. The molecule has 0 bridgehead atoms. The van der Waals surface area contributed by atoms with E-state index in [2.05, 4.69) is 10.1 Å². The topological polar surface area (TPSA) is 88.4 Å². The Morgan fingerprint density at radius 3 is 2.17 bits per heavy atom. The minimum Gasteiger partial charge on any atom is -0.329 e. The molecule has 0 radical (unpaired) electrons. The van der Waals surface area contributed by atoms with Crippen LogP contribution in [0.3, 0.4) is 0 Å². The third-order valence-corrected chi connectivity index (χ3v) is 5.47. The number of hydrogen-bond donors (Lipinski definition) is 0. The Hall–Kier alpha value is -1.48. The number of sulfonamides is 1. The van der Waals surface area contributed by atoms with Crippen LogP contribution in [0.25, 0.3) is 0 Å². The molecule has 0 aliphatic carbocycles. The first-order valence-electron chi connectivity index (χ1n) is 7.74. The van der Waals surface area contributed by atoms with Gasteiger partial charge in [-0.25, -0.2) is 13.2 Å². The Morgan fingerprint density at radius 2 is 1.70 bits per heavy atom. The number of carbonyl (C=O) groups excluding carboxylic acids is 1. The number of rotatable bonds is 2. The van der Waals surface area contributed by atoms with Gasteiger partial charge in [-0.05, 0) is 12.8 Å². The van der Waals surface area contributed by atoms with E-state index in [1.165, 1.54) is 9.21 Å². The lowest BCUT2D eigenvalue weighted by atomic mass is 9.96. The molecule has 0 atom stereocenters. The van der Waals surface area contributed by atoms with Crippen molar-refractivity contribution >= 4 is 16.1 Å². The SMILES string of the molecule is CN(C)C(=O)n1nc(C(C)(C)C)nc1S(=O)(=O)N1CCCCC1. The molecule has 1 saturated heterocycles. The highest BCUT2D eigenvalue weighted by Crippen LogP contribution is 2.24. The Morgan fingerprint density at radius 1 is 1.13 bits per heavy atom. The molecule has 0 N–H and O–H groups in total. The van der Waals surface area contributed by atoms with Crippen molar-refractivity contribution in [3.05, 3.63) is 5.82 Å². The first kappa shape index (κ1) is 17.9. The molecular weight excluding hydrogens is 318 g/mol. The summed E-state index contributed by atoms with van der Waals surface area (Å²) in [4.78, 5) is 17.8. The van der Waals surface area contributed by atoms with Gasteiger partial charge in [0.25, 0.3) is 15.2 Å². The van der Waals surface area contributed by atoms with E-state index in [1.807, 2.05) is 20.8 Å². The molecule has 0 spiro atoms. The summed E-state index contributed by atoms with van der Waals surface area (Å²) in [5.41, 5.74) is -0.454. The molecule has 8 nitrogen and oxygen atoms in total. The molecule has 1 aromatic heterocycles. The molecule has 130 valence electrons. The van der Waals surface area contributed by atoms with Gasteiger partial charge >= 0.3 is 6.03 Å². The van der Waals surface area contributed by atoms with E-state index in [1.54, 1.807) is 14.1 Å². The van der Waals surface area contributed by atoms with Gasteiger partial charge < -0.3 is 4.90 Å². The normalized spacial score (nSPS) is 17.3. The van der Waals surface area contributed by atoms with Crippen LogP contribution in [0.5, 0.6) is 0 Å². The summed E-state index contributed by atoms with van der Waals surface area (Å²) in [6.07, 6.45) is 2.66. The van der Waals surface area contributed by atoms with Gasteiger partial charge in [-0.15, -0.1) is 9.78 Å². The molecule has 1 aromatic rings. The van der Waals surface area contributed by atoms with Crippen LogP contribution in [-0.2, 0) is 15.4 Å². The Kier molecular flexibility index (Phi) is 4.81. The van der Waals surface area contributed by atoms with Crippen LogP contribution in [0.2, 0.25) is 0 Å². The largest absolute Gasteiger partial charge is 0.346 e. The van der Waals surface area contributed by atoms with E-state index in [0.29, 0.717) is 18.9 Å². The highest BCUT2D eigenvalue weighted by Gasteiger charge is 2.36. The summed E-state index contributed by atoms with van der Waals surface area (Å²) in [7, 11) is -0.728. The highest BCUT2D eigenvalue weighted by atomic mass is 32.2. The molecule has 1 aliphatic rings. The predicted octanol–water partition coefficient (Wildman–Crippen LogP) is 1.28. The second-order valence-electron chi connectivity index (χ2n) is 7.02. The third-order valence-electron chi connectivity index (χ3n) is 3.70. The maximum absolute atomic E-state index is 12.9. The maximum Gasteiger partial charge on any atom is 0.346 e. The minimum atomic E-state index is -3.84. The second-order valence-corrected chi connectivity index (χ2v) is 8.85. The fourth-order valence-corrected chi connectivity index (χ4v) is 3.83. The van der Waals surface area contributed by atoms with Crippen LogP contribution >= 0.6 is 0 Å². The van der Waals surface area contributed by atoms with Gasteiger partial charge in [0.2, 0.25) is 0 Å². The number of aromatic nitrogens is 3. The maximum atomic E-state index is 12.9. The minimum absolute atomic E-state index is 0.289. The summed E-state index contributed by atoms with van der Waals surface area (Å²) in [6, 6.07) is -0.524. The molecule has 23 heavy (non-hydrogen) atoms. The standard InChI is InChI=1S/C14H25N5O3S/c1-14(2,3)11-15-12(19(16-11)13(20)17(4)5)23(21,22)18-9-7-6-8-10-18/h6-10H2,1-5H3. The quantitative estimate of drug-likeness (QED) is 0.807. The van der Waals surface area contributed by atoms with Crippen molar-refractivity contribution in [2.75, 3.05) is 27.2 Å². The molecule has 2 rings (SSSR count). The van der Waals surface area contributed by atoms with Crippen molar-refractivity contribution < 1.29 is 13.2 Å². The number of piperidine rings is 1. The third kappa shape index (κ3) is 3.55. The van der Waals surface area contributed by atoms with Crippen LogP contribution in [0.15, 0.2) is 5.16 Å². The van der Waals surface area contributed by atoms with Crippen LogP contribution in [0.4, 0.5) is 4.79 Å². The lowest BCUT2D eigenvalue weighted by Gasteiger charge is -2.25. The molecule has 0 aromatic carbocycles. The van der Waals surface area contributed by atoms with Crippen molar-refractivity contribution in [2.45, 2.75) is 50.6 Å². The zero-order valence-corrected chi connectivity index (χ0v) is 15.2. The van der Waals surface area contributed by atoms with E-state index in [9.17, 15) is 13.2 Å². The monoisotopic (exact) mass is 343 g/mol. The smallest absolute Gasteiger partial charge is 0.329 e. The molecule has 2 heterocycles. The molecule has 1 fully saturated rings. The molecular formula is C14H25N5O3S. The van der Waals surface area contributed by atoms with Gasteiger partial charge in [-0.2, -0.15) is 9.29 Å². The fourth-order valence-electron chi connectivity index (χ4n) is 2.32. The Balaban J connectivity index is 2.55. The number of amides is 1. The Labute approximate surface area is 137 Å². The van der Waals surface area contributed by atoms with Gasteiger partial charge in [-0.3, -0.25) is 0 Å². The predicted molar refractivity (Wildman–Crippen MR) is 85.8 cm³/mol. The fraction of sp³-hybridized carbons (Fsp3) is 0.786. The second kappa shape index (κ2) is 6.20. The van der Waals surface area contributed by atoms with Gasteiger partial charge in [0.05, 0.1) is 0 Å². The van der Waals surface area contributed by atoms with E-state index >= 15 is 0 Å². The summed E-state index contributed by atoms with van der Waals surface area (Å²) in [6.45, 7) is 6.55. The van der Waals surface area contributed by atoms with Gasteiger partial charge in [-0.1, -0.05) is 27.2 Å². The Bertz CT molecular complexity index is 682. The lowest BCUT2D eigenvalue weighted by Crippen LogP contribution is -2.39. The van der Waals surface area contributed by atoms with Crippen LogP contribution in [0, 0.1) is 0 Å².